The van der Waals surface area contributed by atoms with E-state index in [1.54, 1.807) is 36.4 Å². The first-order chi connectivity index (χ1) is 15.4. The molecular weight excluding hydrogens is 410 g/mol. The SMILES string of the molecule is N#Cc1ccc(C(=O)NC2CCN(C(=O)COc3ccc(C(N)=O)cc3)CC23CCC3)[nH]1. The first kappa shape index (κ1) is 21.4. The Morgan fingerprint density at radius 1 is 1.22 bits per heavy atom. The lowest BCUT2D eigenvalue weighted by atomic mass is 9.61. The molecule has 1 spiro atoms. The van der Waals surface area contributed by atoms with Crippen LogP contribution in [0.2, 0.25) is 0 Å². The smallest absolute Gasteiger partial charge is 0.267 e. The number of aromatic amines is 1. The molecule has 4 rings (SSSR count). The van der Waals surface area contributed by atoms with Gasteiger partial charge in [0.05, 0.1) is 0 Å². The second-order valence-electron chi connectivity index (χ2n) is 8.42. The molecule has 9 nitrogen and oxygen atoms in total. The number of likely N-dealkylation sites (tertiary alicyclic amines) is 1. The number of nitrogens with zero attached hydrogens (tertiary/aromatic N) is 2. The molecule has 2 aromatic rings. The topological polar surface area (TPSA) is 141 Å². The molecule has 9 heteroatoms. The highest BCUT2D eigenvalue weighted by atomic mass is 16.5. The number of piperidine rings is 1. The summed E-state index contributed by atoms with van der Waals surface area (Å²) in [6, 6.07) is 11.5. The fraction of sp³-hybridized carbons (Fsp3) is 0.391. The maximum Gasteiger partial charge on any atom is 0.267 e. The summed E-state index contributed by atoms with van der Waals surface area (Å²) >= 11 is 0. The van der Waals surface area contributed by atoms with E-state index in [0.717, 1.165) is 19.3 Å². The molecule has 2 heterocycles. The Labute approximate surface area is 185 Å². The number of primary amides is 1. The second kappa shape index (κ2) is 8.75. The summed E-state index contributed by atoms with van der Waals surface area (Å²) in [5.74, 6) is -0.366. The Hall–Kier alpha value is -3.80. The summed E-state index contributed by atoms with van der Waals surface area (Å²) in [5.41, 5.74) is 6.19. The van der Waals surface area contributed by atoms with Crippen LogP contribution in [-0.4, -0.2) is 53.3 Å². The Bertz CT molecular complexity index is 1060. The third kappa shape index (κ3) is 4.30. The quantitative estimate of drug-likeness (QED) is 0.631. The maximum absolute atomic E-state index is 12.8. The van der Waals surface area contributed by atoms with Crippen molar-refractivity contribution in [2.24, 2.45) is 11.1 Å². The zero-order chi connectivity index (χ0) is 22.7. The van der Waals surface area contributed by atoms with Crippen LogP contribution in [0.5, 0.6) is 5.75 Å². The van der Waals surface area contributed by atoms with Crippen LogP contribution in [0.4, 0.5) is 0 Å². The minimum Gasteiger partial charge on any atom is -0.484 e. The van der Waals surface area contributed by atoms with Gasteiger partial charge in [0.25, 0.3) is 11.8 Å². The van der Waals surface area contributed by atoms with Crippen molar-refractivity contribution in [3.05, 3.63) is 53.3 Å². The molecule has 32 heavy (non-hydrogen) atoms. The van der Waals surface area contributed by atoms with Gasteiger partial charge in [-0.2, -0.15) is 5.26 Å². The summed E-state index contributed by atoms with van der Waals surface area (Å²) in [5, 5.41) is 12.0. The normalized spacial score (nSPS) is 19.0. The van der Waals surface area contributed by atoms with E-state index in [1.165, 1.54) is 0 Å². The molecule has 3 amide bonds. The average Bonchev–Trinajstić information content (AvgIpc) is 3.26. The highest BCUT2D eigenvalue weighted by Gasteiger charge is 2.49. The molecule has 1 atom stereocenters. The highest BCUT2D eigenvalue weighted by molar-refractivity contribution is 5.93. The summed E-state index contributed by atoms with van der Waals surface area (Å²) in [4.78, 5) is 41.2. The molecule has 1 aromatic carbocycles. The van der Waals surface area contributed by atoms with E-state index in [9.17, 15) is 14.4 Å². The zero-order valence-electron chi connectivity index (χ0n) is 17.6. The van der Waals surface area contributed by atoms with Gasteiger partial charge in [-0.3, -0.25) is 14.4 Å². The number of rotatable bonds is 6. The first-order valence-electron chi connectivity index (χ1n) is 10.6. The predicted octanol–water partition coefficient (Wildman–Crippen LogP) is 1.57. The van der Waals surface area contributed by atoms with Gasteiger partial charge in [0.1, 0.15) is 23.2 Å². The average molecular weight is 435 g/mol. The number of hydrogen-bond acceptors (Lipinski definition) is 5. The van der Waals surface area contributed by atoms with Crippen molar-refractivity contribution in [1.82, 2.24) is 15.2 Å². The fourth-order valence-corrected chi connectivity index (χ4v) is 4.52. The van der Waals surface area contributed by atoms with Crippen molar-refractivity contribution in [2.75, 3.05) is 19.7 Å². The first-order valence-corrected chi connectivity index (χ1v) is 10.6. The Morgan fingerprint density at radius 2 is 1.97 bits per heavy atom. The lowest BCUT2D eigenvalue weighted by Gasteiger charge is -2.53. The molecule has 0 bridgehead atoms. The Balaban J connectivity index is 1.34. The summed E-state index contributed by atoms with van der Waals surface area (Å²) in [6.45, 7) is 1.01. The largest absolute Gasteiger partial charge is 0.484 e. The van der Waals surface area contributed by atoms with E-state index in [4.69, 9.17) is 15.7 Å². The molecule has 0 radical (unpaired) electrons. The van der Waals surface area contributed by atoms with Crippen LogP contribution in [0.1, 0.15) is 52.2 Å². The van der Waals surface area contributed by atoms with E-state index in [2.05, 4.69) is 10.3 Å². The minimum absolute atomic E-state index is 0.0242. The van der Waals surface area contributed by atoms with Crippen molar-refractivity contribution < 1.29 is 19.1 Å². The van der Waals surface area contributed by atoms with Gasteiger partial charge in [0.2, 0.25) is 5.91 Å². The van der Waals surface area contributed by atoms with E-state index < -0.39 is 5.91 Å². The summed E-state index contributed by atoms with van der Waals surface area (Å²) < 4.78 is 5.59. The van der Waals surface area contributed by atoms with Gasteiger partial charge >= 0.3 is 0 Å². The fourth-order valence-electron chi connectivity index (χ4n) is 4.52. The predicted molar refractivity (Wildman–Crippen MR) is 115 cm³/mol. The van der Waals surface area contributed by atoms with Crippen molar-refractivity contribution in [1.29, 1.82) is 5.26 Å². The highest BCUT2D eigenvalue weighted by Crippen LogP contribution is 2.47. The van der Waals surface area contributed by atoms with Gasteiger partial charge in [0, 0.05) is 30.1 Å². The number of nitrogens with one attached hydrogen (secondary N) is 2. The molecule has 1 aliphatic heterocycles. The van der Waals surface area contributed by atoms with E-state index in [-0.39, 0.29) is 29.9 Å². The molecule has 1 saturated heterocycles. The van der Waals surface area contributed by atoms with Crippen molar-refractivity contribution in [3.63, 3.8) is 0 Å². The van der Waals surface area contributed by atoms with Crippen LogP contribution in [0, 0.1) is 16.7 Å². The lowest BCUT2D eigenvalue weighted by Crippen LogP contribution is -2.62. The molecule has 2 fully saturated rings. The van der Waals surface area contributed by atoms with Crippen molar-refractivity contribution in [3.8, 4) is 11.8 Å². The molecule has 4 N–H and O–H groups in total. The zero-order valence-corrected chi connectivity index (χ0v) is 17.6. The van der Waals surface area contributed by atoms with Crippen LogP contribution in [0.3, 0.4) is 0 Å². The van der Waals surface area contributed by atoms with Crippen LogP contribution < -0.4 is 15.8 Å². The van der Waals surface area contributed by atoms with Gasteiger partial charge in [-0.1, -0.05) is 6.42 Å². The number of amides is 3. The Kier molecular flexibility index (Phi) is 5.86. The van der Waals surface area contributed by atoms with Crippen LogP contribution in [-0.2, 0) is 4.79 Å². The van der Waals surface area contributed by atoms with Crippen molar-refractivity contribution >= 4 is 17.7 Å². The van der Waals surface area contributed by atoms with Crippen LogP contribution in [0.25, 0.3) is 0 Å². The number of carbonyl (C=O) groups excluding carboxylic acids is 3. The van der Waals surface area contributed by atoms with Gasteiger partial charge in [-0.25, -0.2) is 0 Å². The van der Waals surface area contributed by atoms with Gasteiger partial charge in [-0.05, 0) is 55.7 Å². The number of nitriles is 1. The number of hydrogen-bond donors (Lipinski definition) is 3. The molecule has 1 aromatic heterocycles. The standard InChI is InChI=1S/C23H25N5O4/c24-12-16-4-7-18(26-16)22(31)27-19-8-11-28(14-23(19)9-1-10-23)20(29)13-32-17-5-2-15(3-6-17)21(25)30/h2-7,19,26H,1,8-11,13-14H2,(H2,25,30)(H,27,31). The molecule has 1 aliphatic carbocycles. The van der Waals surface area contributed by atoms with E-state index in [0.29, 0.717) is 42.2 Å². The summed E-state index contributed by atoms with van der Waals surface area (Å²) in [7, 11) is 0. The minimum atomic E-state index is -0.518. The third-order valence-electron chi connectivity index (χ3n) is 6.49. The van der Waals surface area contributed by atoms with Crippen LogP contribution in [0.15, 0.2) is 36.4 Å². The van der Waals surface area contributed by atoms with Crippen molar-refractivity contribution in [2.45, 2.75) is 31.7 Å². The van der Waals surface area contributed by atoms with Crippen LogP contribution >= 0.6 is 0 Å². The van der Waals surface area contributed by atoms with Gasteiger partial charge in [0.15, 0.2) is 6.61 Å². The van der Waals surface area contributed by atoms with Gasteiger partial charge in [-0.15, -0.1) is 0 Å². The van der Waals surface area contributed by atoms with E-state index >= 15 is 0 Å². The molecule has 1 saturated carbocycles. The maximum atomic E-state index is 12.8. The third-order valence-corrected chi connectivity index (χ3v) is 6.49. The number of nitrogens with two attached hydrogens (primary N) is 1. The Morgan fingerprint density at radius 3 is 2.56 bits per heavy atom. The number of H-pyrrole nitrogens is 1. The number of benzene rings is 1. The molecule has 2 aliphatic rings. The monoisotopic (exact) mass is 435 g/mol. The lowest BCUT2D eigenvalue weighted by molar-refractivity contribution is -0.139. The van der Waals surface area contributed by atoms with Gasteiger partial charge < -0.3 is 25.7 Å². The second-order valence-corrected chi connectivity index (χ2v) is 8.42. The van der Waals surface area contributed by atoms with E-state index in [1.807, 2.05) is 11.0 Å². The summed E-state index contributed by atoms with van der Waals surface area (Å²) in [6.07, 6.45) is 3.63. The molecule has 166 valence electrons. The number of carbonyl (C=O) groups is 3. The number of ether oxygens (including phenoxy) is 1. The molecular formula is C23H25N5O4. The number of aromatic nitrogens is 1. The molecule has 1 unspecified atom stereocenters.